The van der Waals surface area contributed by atoms with Crippen LogP contribution in [0, 0.1) is 5.82 Å². The number of carbonyl (C=O) groups is 1. The van der Waals surface area contributed by atoms with Gasteiger partial charge in [-0.1, -0.05) is 23.9 Å². The van der Waals surface area contributed by atoms with Gasteiger partial charge in [0.05, 0.1) is 23.7 Å². The van der Waals surface area contributed by atoms with Gasteiger partial charge in [-0.05, 0) is 47.9 Å². The van der Waals surface area contributed by atoms with Crippen molar-refractivity contribution < 1.29 is 23.1 Å². The molecule has 2 aromatic heterocycles. The summed E-state index contributed by atoms with van der Waals surface area (Å²) in [6.45, 7) is 0. The molecule has 5 nitrogen and oxygen atoms in total. The van der Waals surface area contributed by atoms with Gasteiger partial charge >= 0.3 is 5.97 Å². The minimum atomic E-state index is -2.63. The molecule has 0 radical (unpaired) electrons. The molecule has 0 amide bonds. The molecule has 2 aliphatic rings. The molecule has 5 rings (SSSR count). The summed E-state index contributed by atoms with van der Waals surface area (Å²) in [6.07, 6.45) is 5.74. The molecule has 1 atom stereocenters. The highest BCUT2D eigenvalue weighted by Gasteiger charge is 2.41. The number of aromatic nitrogens is 3. The van der Waals surface area contributed by atoms with Gasteiger partial charge in [0.15, 0.2) is 5.16 Å². The fourth-order valence-electron chi connectivity index (χ4n) is 4.44. The van der Waals surface area contributed by atoms with Crippen LogP contribution in [0.25, 0.3) is 11.0 Å². The van der Waals surface area contributed by atoms with Crippen molar-refractivity contribution in [3.63, 3.8) is 0 Å². The highest BCUT2D eigenvalue weighted by molar-refractivity contribution is 7.98. The van der Waals surface area contributed by atoms with Crippen molar-refractivity contribution in [2.24, 2.45) is 0 Å². The average Bonchev–Trinajstić information content (AvgIpc) is 3.42. The Morgan fingerprint density at radius 2 is 2.09 bits per heavy atom. The summed E-state index contributed by atoms with van der Waals surface area (Å²) in [5.74, 6) is -4.03. The van der Waals surface area contributed by atoms with E-state index in [1.165, 1.54) is 17.8 Å². The third kappa shape index (κ3) is 4.35. The Kier molecular flexibility index (Phi) is 5.39. The third-order valence-corrected chi connectivity index (χ3v) is 7.11. The normalized spacial score (nSPS) is 20.2. The molecule has 1 aromatic carbocycles. The maximum Gasteiger partial charge on any atom is 0.307 e. The number of fused-ring (bicyclic) bond motifs is 1. The van der Waals surface area contributed by atoms with Crippen LogP contribution >= 0.6 is 11.8 Å². The molecule has 9 heteroatoms. The van der Waals surface area contributed by atoms with Crippen LogP contribution < -0.4 is 0 Å². The summed E-state index contributed by atoms with van der Waals surface area (Å²) in [5.41, 5.74) is 3.40. The first-order valence-electron chi connectivity index (χ1n) is 10.7. The number of halogens is 3. The van der Waals surface area contributed by atoms with Gasteiger partial charge in [0.25, 0.3) is 0 Å². The maximum atomic E-state index is 13.9. The van der Waals surface area contributed by atoms with Gasteiger partial charge < -0.3 is 9.67 Å². The number of hydrogen-bond acceptors (Lipinski definition) is 4. The molecule has 32 heavy (non-hydrogen) atoms. The van der Waals surface area contributed by atoms with Crippen molar-refractivity contribution in [1.82, 2.24) is 14.5 Å². The molecule has 0 spiro atoms. The molecule has 3 aromatic rings. The summed E-state index contributed by atoms with van der Waals surface area (Å²) < 4.78 is 43.7. The molecule has 2 fully saturated rings. The monoisotopic (exact) mass is 461 g/mol. The predicted molar refractivity (Wildman–Crippen MR) is 115 cm³/mol. The molecule has 2 saturated carbocycles. The van der Waals surface area contributed by atoms with Gasteiger partial charge in [-0.15, -0.1) is 0 Å². The van der Waals surface area contributed by atoms with Crippen LogP contribution in [0.5, 0.6) is 0 Å². The van der Waals surface area contributed by atoms with Gasteiger partial charge in [0.2, 0.25) is 5.92 Å². The van der Waals surface area contributed by atoms with E-state index < -0.39 is 17.7 Å². The summed E-state index contributed by atoms with van der Waals surface area (Å²) in [5, 5.41) is 9.46. The number of carboxylic acids is 1. The Morgan fingerprint density at radius 1 is 1.28 bits per heavy atom. The maximum absolute atomic E-state index is 13.9. The fourth-order valence-corrected chi connectivity index (χ4v) is 5.20. The van der Waals surface area contributed by atoms with E-state index in [0.717, 1.165) is 35.0 Å². The smallest absolute Gasteiger partial charge is 0.307 e. The Balaban J connectivity index is 1.41. The predicted octanol–water partition coefficient (Wildman–Crippen LogP) is 5.73. The second kappa shape index (κ2) is 8.10. The van der Waals surface area contributed by atoms with Gasteiger partial charge in [-0.3, -0.25) is 4.79 Å². The van der Waals surface area contributed by atoms with Crippen molar-refractivity contribution >= 4 is 28.8 Å². The van der Waals surface area contributed by atoms with Crippen LogP contribution in [0.3, 0.4) is 0 Å². The SMILES string of the molecule is O=C(O)Cc1cc(CSc2ncc3c(n2)c(C2CCC(F)(F)C2)cn3C2CC2)ccc1F. The van der Waals surface area contributed by atoms with Crippen LogP contribution in [0.15, 0.2) is 35.7 Å². The van der Waals surface area contributed by atoms with Crippen LogP contribution in [0.2, 0.25) is 0 Å². The Hall–Kier alpha value is -2.55. The molecular formula is C23H22F3N3O2S. The summed E-state index contributed by atoms with van der Waals surface area (Å²) in [6, 6.07) is 4.82. The summed E-state index contributed by atoms with van der Waals surface area (Å²) >= 11 is 1.36. The largest absolute Gasteiger partial charge is 0.481 e. The highest BCUT2D eigenvalue weighted by atomic mass is 32.2. The van der Waals surface area contributed by atoms with E-state index in [1.807, 2.05) is 6.20 Å². The van der Waals surface area contributed by atoms with Crippen molar-refractivity contribution in [2.75, 3.05) is 0 Å². The number of benzene rings is 1. The minimum absolute atomic E-state index is 0.0935. The lowest BCUT2D eigenvalue weighted by molar-refractivity contribution is -0.136. The van der Waals surface area contributed by atoms with E-state index in [2.05, 4.69) is 9.55 Å². The zero-order valence-corrected chi connectivity index (χ0v) is 18.0. The summed E-state index contributed by atoms with van der Waals surface area (Å²) in [7, 11) is 0. The number of rotatable bonds is 7. The number of thioether (sulfide) groups is 1. The Morgan fingerprint density at radius 3 is 2.78 bits per heavy atom. The number of hydrogen-bond donors (Lipinski definition) is 1. The van der Waals surface area contributed by atoms with Crippen LogP contribution in [0.1, 0.15) is 60.8 Å². The van der Waals surface area contributed by atoms with Gasteiger partial charge in [-0.25, -0.2) is 23.1 Å². The van der Waals surface area contributed by atoms with E-state index in [-0.39, 0.29) is 30.7 Å². The first-order chi connectivity index (χ1) is 15.3. The molecule has 168 valence electrons. The van der Waals surface area contributed by atoms with E-state index in [0.29, 0.717) is 23.4 Å². The lowest BCUT2D eigenvalue weighted by atomic mass is 9.99. The van der Waals surface area contributed by atoms with Gasteiger partial charge in [0.1, 0.15) is 5.82 Å². The lowest BCUT2D eigenvalue weighted by Gasteiger charge is -2.09. The molecule has 0 bridgehead atoms. The van der Waals surface area contributed by atoms with Crippen molar-refractivity contribution in [1.29, 1.82) is 0 Å². The van der Waals surface area contributed by atoms with Crippen LogP contribution in [0.4, 0.5) is 13.2 Å². The van der Waals surface area contributed by atoms with E-state index in [4.69, 9.17) is 10.1 Å². The van der Waals surface area contributed by atoms with Gasteiger partial charge in [-0.2, -0.15) is 0 Å². The van der Waals surface area contributed by atoms with Crippen molar-refractivity contribution in [3.8, 4) is 0 Å². The molecule has 2 heterocycles. The van der Waals surface area contributed by atoms with Crippen LogP contribution in [-0.2, 0) is 17.0 Å². The Bertz CT molecular complexity index is 1190. The first-order valence-corrected chi connectivity index (χ1v) is 11.6. The number of nitrogens with zero attached hydrogens (tertiary/aromatic N) is 3. The highest BCUT2D eigenvalue weighted by Crippen LogP contribution is 2.47. The topological polar surface area (TPSA) is 68.0 Å². The molecule has 0 aliphatic heterocycles. The number of carboxylic acid groups (broad SMARTS) is 1. The van der Waals surface area contributed by atoms with Gasteiger partial charge in [0, 0.05) is 30.8 Å². The number of alkyl halides is 2. The van der Waals surface area contributed by atoms with E-state index in [9.17, 15) is 18.0 Å². The zero-order valence-electron chi connectivity index (χ0n) is 17.2. The average molecular weight is 462 g/mol. The molecular weight excluding hydrogens is 439 g/mol. The quantitative estimate of drug-likeness (QED) is 0.360. The van der Waals surface area contributed by atoms with Crippen molar-refractivity contribution in [2.45, 2.75) is 67.3 Å². The van der Waals surface area contributed by atoms with E-state index in [1.54, 1.807) is 18.3 Å². The third-order valence-electron chi connectivity index (χ3n) is 6.18. The Labute approximate surface area is 187 Å². The van der Waals surface area contributed by atoms with Crippen molar-refractivity contribution in [3.05, 3.63) is 53.1 Å². The molecule has 0 saturated heterocycles. The van der Waals surface area contributed by atoms with Crippen LogP contribution in [-0.4, -0.2) is 31.5 Å². The minimum Gasteiger partial charge on any atom is -0.481 e. The second-order valence-electron chi connectivity index (χ2n) is 8.69. The first kappa shape index (κ1) is 21.3. The lowest BCUT2D eigenvalue weighted by Crippen LogP contribution is -2.09. The fraction of sp³-hybridized carbons (Fsp3) is 0.435. The standard InChI is InChI=1S/C23H22F3N3O2S/c24-18-4-1-13(7-15(18)8-20(30)31)12-32-22-27-10-19-21(28-22)17(11-29(19)16-2-3-16)14-5-6-23(25,26)9-14/h1,4,7,10-11,14,16H,2-3,5-6,8-9,12H2,(H,30,31). The second-order valence-corrected chi connectivity index (χ2v) is 9.63. The summed E-state index contributed by atoms with van der Waals surface area (Å²) in [4.78, 5) is 20.1. The zero-order chi connectivity index (χ0) is 22.5. The molecule has 1 unspecified atom stereocenters. The molecule has 1 N–H and O–H groups in total. The molecule has 2 aliphatic carbocycles. The number of aliphatic carboxylic acids is 1. The van der Waals surface area contributed by atoms with E-state index >= 15 is 0 Å².